The van der Waals surface area contributed by atoms with Crippen LogP contribution in [0.1, 0.15) is 106 Å². The van der Waals surface area contributed by atoms with E-state index in [1.807, 2.05) is 19.9 Å². The van der Waals surface area contributed by atoms with Crippen LogP contribution in [0.3, 0.4) is 0 Å². The Morgan fingerprint density at radius 1 is 0.724 bits per heavy atom. The van der Waals surface area contributed by atoms with Gasteiger partial charge < -0.3 is 64.6 Å². The first kappa shape index (κ1) is 43.5. The molecule has 7 rings (SSSR count). The Labute approximate surface area is 337 Å². The zero-order valence-corrected chi connectivity index (χ0v) is 34.3. The summed E-state index contributed by atoms with van der Waals surface area (Å²) in [7, 11) is 0. The number of aliphatic hydroxyl groups excluding tert-OH is 5. The largest absolute Gasteiger partial charge is 0.550 e. The molecule has 0 amide bonds. The third-order valence-corrected chi connectivity index (χ3v) is 17.2. The zero-order valence-electron chi connectivity index (χ0n) is 34.3. The Morgan fingerprint density at radius 2 is 1.31 bits per heavy atom. The van der Waals surface area contributed by atoms with E-state index < -0.39 is 107 Å². The van der Waals surface area contributed by atoms with E-state index in [0.29, 0.717) is 38.5 Å². The van der Waals surface area contributed by atoms with Gasteiger partial charge >= 0.3 is 11.9 Å². The summed E-state index contributed by atoms with van der Waals surface area (Å²) in [5.74, 6) is -4.80. The molecule has 2 aliphatic heterocycles. The van der Waals surface area contributed by atoms with Crippen LogP contribution in [0, 0.1) is 50.2 Å². The molecule has 16 nitrogen and oxygen atoms in total. The van der Waals surface area contributed by atoms with Crippen LogP contribution < -0.4 is 5.11 Å². The average Bonchev–Trinajstić information content (AvgIpc) is 3.13. The minimum Gasteiger partial charge on any atom is -0.550 e. The van der Waals surface area contributed by atoms with Crippen molar-refractivity contribution < 1.29 is 79.0 Å². The average molecular weight is 822 g/mol. The quantitative estimate of drug-likeness (QED) is 0.176. The van der Waals surface area contributed by atoms with Crippen LogP contribution in [0.15, 0.2) is 11.6 Å². The number of carbonyl (C=O) groups is 4. The molecule has 2 heterocycles. The molecule has 19 atom stereocenters. The number of allylic oxidation sites excluding steroid dienone is 2. The van der Waals surface area contributed by atoms with Crippen molar-refractivity contribution in [2.24, 2.45) is 50.2 Å². The number of carboxylic acid groups (broad SMARTS) is 3. The molecule has 0 aromatic rings. The molecular formula is C42H61O16-. The lowest BCUT2D eigenvalue weighted by molar-refractivity contribution is -0.371. The fraction of sp³-hybridized carbons (Fsp3) is 0.857. The third-order valence-electron chi connectivity index (χ3n) is 17.2. The van der Waals surface area contributed by atoms with Crippen molar-refractivity contribution in [3.63, 3.8) is 0 Å². The van der Waals surface area contributed by atoms with Gasteiger partial charge in [0.05, 0.1) is 6.10 Å². The first-order valence-electron chi connectivity index (χ1n) is 20.7. The van der Waals surface area contributed by atoms with Crippen LogP contribution in [0.5, 0.6) is 0 Å². The summed E-state index contributed by atoms with van der Waals surface area (Å²) < 4.78 is 23.4. The monoisotopic (exact) mass is 821 g/mol. The van der Waals surface area contributed by atoms with Gasteiger partial charge in [0.1, 0.15) is 36.6 Å². The van der Waals surface area contributed by atoms with Crippen molar-refractivity contribution in [2.45, 2.75) is 174 Å². The Hall–Kier alpha value is -2.54. The lowest BCUT2D eigenvalue weighted by Crippen LogP contribution is -2.68. The molecule has 5 aliphatic carbocycles. The number of aliphatic carboxylic acids is 3. The molecule has 4 saturated carbocycles. The highest BCUT2D eigenvalue weighted by Gasteiger charge is 2.70. The number of hydrogen-bond donors (Lipinski definition) is 7. The van der Waals surface area contributed by atoms with Crippen LogP contribution in [-0.4, -0.2) is 127 Å². The van der Waals surface area contributed by atoms with E-state index in [4.69, 9.17) is 18.9 Å². The summed E-state index contributed by atoms with van der Waals surface area (Å²) in [6.45, 7) is 14.7. The number of rotatable bonds is 7. The minimum absolute atomic E-state index is 0.0471. The van der Waals surface area contributed by atoms with Gasteiger partial charge in [0, 0.05) is 17.3 Å². The van der Waals surface area contributed by atoms with Gasteiger partial charge in [-0.25, -0.2) is 9.59 Å². The fourth-order valence-electron chi connectivity index (χ4n) is 13.4. The second-order valence-corrected chi connectivity index (χ2v) is 20.6. The highest BCUT2D eigenvalue weighted by atomic mass is 16.8. The molecule has 0 bridgehead atoms. The highest BCUT2D eigenvalue weighted by molar-refractivity contribution is 5.95. The Bertz CT molecular complexity index is 1730. The lowest BCUT2D eigenvalue weighted by atomic mass is 9.33. The molecule has 5 unspecified atom stereocenters. The number of hydrogen-bond acceptors (Lipinski definition) is 14. The molecule has 7 N–H and O–H groups in total. The minimum atomic E-state index is -2.05. The molecule has 6 fully saturated rings. The maximum absolute atomic E-state index is 14.8. The summed E-state index contributed by atoms with van der Waals surface area (Å²) in [6.07, 6.45) is -12.5. The summed E-state index contributed by atoms with van der Waals surface area (Å²) >= 11 is 0. The van der Waals surface area contributed by atoms with E-state index >= 15 is 0 Å². The van der Waals surface area contributed by atoms with Gasteiger partial charge in [0.2, 0.25) is 0 Å². The van der Waals surface area contributed by atoms with Crippen molar-refractivity contribution in [1.82, 2.24) is 0 Å². The molecule has 16 heteroatoms. The third kappa shape index (κ3) is 6.25. The number of aliphatic hydroxyl groups is 5. The number of carbonyl (C=O) groups excluding carboxylic acids is 2. The zero-order chi connectivity index (χ0) is 42.9. The van der Waals surface area contributed by atoms with Gasteiger partial charge in [0.25, 0.3) is 0 Å². The van der Waals surface area contributed by atoms with Gasteiger partial charge in [-0.05, 0) is 103 Å². The van der Waals surface area contributed by atoms with Gasteiger partial charge in [-0.1, -0.05) is 54.0 Å². The maximum atomic E-state index is 14.8. The van der Waals surface area contributed by atoms with Crippen LogP contribution in [-0.2, 0) is 38.1 Å². The van der Waals surface area contributed by atoms with Crippen LogP contribution in [0.25, 0.3) is 0 Å². The summed E-state index contributed by atoms with van der Waals surface area (Å²) in [5.41, 5.74) is -2.03. The number of ether oxygens (including phenoxy) is 4. The SMILES string of the molecule is CC1(C)C(O[C@H]2O[C@H](C(=O)O)[C@@H](O)[C@H](O)C2O[C@@H]2O[C@H](C(=O)O)[C@@H](O)[C@H](O)[C@H]2O)CC[C@@]2(C)C1CC[C@]1(C)C2C(=O)C=C2C3C[C@@](C)(C(=O)[O-])CC[C@]3(C)CC[C@]21C. The molecule has 0 aromatic carbocycles. The van der Waals surface area contributed by atoms with Crippen molar-refractivity contribution >= 4 is 23.7 Å². The lowest BCUT2D eigenvalue weighted by Gasteiger charge is -2.70. The van der Waals surface area contributed by atoms with Gasteiger partial charge in [0.15, 0.2) is 30.6 Å². The molecule has 0 spiro atoms. The molecule has 7 aliphatic rings. The smallest absolute Gasteiger partial charge is 0.335 e. The molecule has 0 aromatic heterocycles. The molecule has 326 valence electrons. The summed E-state index contributed by atoms with van der Waals surface area (Å²) in [6, 6.07) is 0. The van der Waals surface area contributed by atoms with E-state index in [1.165, 1.54) is 0 Å². The number of ketones is 1. The van der Waals surface area contributed by atoms with Crippen molar-refractivity contribution in [3.05, 3.63) is 11.6 Å². The maximum Gasteiger partial charge on any atom is 0.335 e. The highest BCUT2D eigenvalue weighted by Crippen LogP contribution is 2.75. The Balaban J connectivity index is 1.17. The predicted octanol–water partition coefficient (Wildman–Crippen LogP) is 0.911. The summed E-state index contributed by atoms with van der Waals surface area (Å²) in [4.78, 5) is 51.2. The first-order valence-corrected chi connectivity index (χ1v) is 20.7. The van der Waals surface area contributed by atoms with E-state index in [9.17, 15) is 60.0 Å². The fourth-order valence-corrected chi connectivity index (χ4v) is 13.4. The van der Waals surface area contributed by atoms with Gasteiger partial charge in [-0.3, -0.25) is 4.79 Å². The van der Waals surface area contributed by atoms with Crippen molar-refractivity contribution in [1.29, 1.82) is 0 Å². The van der Waals surface area contributed by atoms with E-state index in [2.05, 4.69) is 27.7 Å². The number of fused-ring (bicyclic) bond motifs is 7. The van der Waals surface area contributed by atoms with E-state index in [-0.39, 0.29) is 34.4 Å². The van der Waals surface area contributed by atoms with Crippen LogP contribution in [0.4, 0.5) is 0 Å². The Morgan fingerprint density at radius 3 is 1.91 bits per heavy atom. The number of carboxylic acids is 3. The van der Waals surface area contributed by atoms with E-state index in [1.54, 1.807) is 6.92 Å². The normalized spacial score (nSPS) is 52.6. The van der Waals surface area contributed by atoms with Crippen molar-refractivity contribution in [3.8, 4) is 0 Å². The molecule has 0 radical (unpaired) electrons. The standard InChI is InChI=1S/C42H62O16/c1-37(2)21-8-11-42(7)31(20(43)16-18-19-17-39(4,36(53)54)13-12-38(19,3)14-15-41(18,42)6)40(21,5)10-9-22(37)55-35-30(26(47)25(46)29(57-35)33(51)52)58-34-27(48)23(44)24(45)28(56-34)32(49)50/h16,19,21-31,34-35,44-48H,8-15,17H2,1-7H3,(H,49,50)(H,51,52)(H,53,54)/p-1/t19?,21?,22?,23-,24-,25-,26-,27+,28-,29-,30?,31?,34-,35-,38+,39-,40-,41+,42+/m0/s1. The summed E-state index contributed by atoms with van der Waals surface area (Å²) in [5, 5.41) is 85.1. The van der Waals surface area contributed by atoms with Crippen LogP contribution >= 0.6 is 0 Å². The topological polar surface area (TPSA) is 270 Å². The Kier molecular flexibility index (Phi) is 10.7. The van der Waals surface area contributed by atoms with E-state index in [0.717, 1.165) is 24.8 Å². The molecule has 2 saturated heterocycles. The molecule has 58 heavy (non-hydrogen) atoms. The first-order chi connectivity index (χ1) is 26.8. The predicted molar refractivity (Wildman–Crippen MR) is 197 cm³/mol. The van der Waals surface area contributed by atoms with Gasteiger partial charge in [-0.15, -0.1) is 0 Å². The second-order valence-electron chi connectivity index (χ2n) is 20.6. The van der Waals surface area contributed by atoms with Gasteiger partial charge in [-0.2, -0.15) is 0 Å². The van der Waals surface area contributed by atoms with Crippen LogP contribution in [0.2, 0.25) is 0 Å². The second kappa shape index (κ2) is 14.3. The van der Waals surface area contributed by atoms with Crippen molar-refractivity contribution in [2.75, 3.05) is 0 Å². The molecular weight excluding hydrogens is 760 g/mol.